The molecule has 1 atom stereocenters. The number of hydrogen-bond acceptors (Lipinski definition) is 2. The van der Waals surface area contributed by atoms with E-state index >= 15 is 0 Å². The van der Waals surface area contributed by atoms with Crippen LogP contribution in [0.25, 0.3) is 0 Å². The van der Waals surface area contributed by atoms with Crippen molar-refractivity contribution < 1.29 is 5.11 Å². The molecule has 13 heavy (non-hydrogen) atoms. The second kappa shape index (κ2) is 6.02. The molecule has 1 unspecified atom stereocenters. The summed E-state index contributed by atoms with van der Waals surface area (Å²) in [6.07, 6.45) is 2.17. The van der Waals surface area contributed by atoms with Crippen LogP contribution in [-0.4, -0.2) is 17.1 Å². The molecule has 0 aliphatic rings. The van der Waals surface area contributed by atoms with E-state index in [2.05, 4.69) is 22.0 Å². The van der Waals surface area contributed by atoms with Crippen LogP contribution < -0.4 is 0 Å². The summed E-state index contributed by atoms with van der Waals surface area (Å²) in [5.41, 5.74) is 0. The average molecular weight is 284 g/mol. The first-order chi connectivity index (χ1) is 6.22. The standard InChI is InChI=1S/C9H12BrClOS/c10-7-4-9(13-6-7)5-8(12)2-1-3-11/h4,6,8,12H,1-3,5H2. The quantitative estimate of drug-likeness (QED) is 0.821. The lowest BCUT2D eigenvalue weighted by atomic mass is 10.1. The van der Waals surface area contributed by atoms with E-state index in [0.29, 0.717) is 5.88 Å². The molecule has 0 saturated heterocycles. The minimum absolute atomic E-state index is 0.246. The molecule has 1 rings (SSSR count). The van der Waals surface area contributed by atoms with Crippen LogP contribution in [0, 0.1) is 0 Å². The molecule has 0 fully saturated rings. The van der Waals surface area contributed by atoms with Crippen LogP contribution in [0.5, 0.6) is 0 Å². The molecule has 4 heteroatoms. The molecule has 0 aliphatic heterocycles. The van der Waals surface area contributed by atoms with Gasteiger partial charge in [0, 0.05) is 27.0 Å². The normalized spacial score (nSPS) is 13.2. The third kappa shape index (κ3) is 4.45. The van der Waals surface area contributed by atoms with Crippen molar-refractivity contribution in [1.29, 1.82) is 0 Å². The number of thiophene rings is 1. The van der Waals surface area contributed by atoms with E-state index in [0.717, 1.165) is 23.7 Å². The van der Waals surface area contributed by atoms with Gasteiger partial charge in [-0.15, -0.1) is 22.9 Å². The monoisotopic (exact) mass is 282 g/mol. The Morgan fingerprint density at radius 2 is 2.38 bits per heavy atom. The fourth-order valence-electron chi connectivity index (χ4n) is 1.11. The van der Waals surface area contributed by atoms with Gasteiger partial charge in [0.1, 0.15) is 0 Å². The van der Waals surface area contributed by atoms with Gasteiger partial charge >= 0.3 is 0 Å². The van der Waals surface area contributed by atoms with Gasteiger partial charge < -0.3 is 5.11 Å². The number of aliphatic hydroxyl groups is 1. The van der Waals surface area contributed by atoms with Crippen LogP contribution in [0.2, 0.25) is 0 Å². The lowest BCUT2D eigenvalue weighted by Crippen LogP contribution is -2.09. The first-order valence-electron chi connectivity index (χ1n) is 4.19. The van der Waals surface area contributed by atoms with Gasteiger partial charge in [-0.3, -0.25) is 0 Å². The number of hydrogen-bond donors (Lipinski definition) is 1. The Balaban J connectivity index is 2.31. The molecule has 0 aromatic carbocycles. The average Bonchev–Trinajstić information content (AvgIpc) is 2.48. The summed E-state index contributed by atoms with van der Waals surface area (Å²) in [6, 6.07) is 2.05. The molecule has 0 spiro atoms. The summed E-state index contributed by atoms with van der Waals surface area (Å²) in [5, 5.41) is 11.6. The van der Waals surface area contributed by atoms with Crippen LogP contribution in [0.4, 0.5) is 0 Å². The molecule has 1 nitrogen and oxygen atoms in total. The van der Waals surface area contributed by atoms with Crippen molar-refractivity contribution in [3.05, 3.63) is 20.8 Å². The van der Waals surface area contributed by atoms with Crippen LogP contribution >= 0.6 is 38.9 Å². The molecule has 74 valence electrons. The van der Waals surface area contributed by atoms with E-state index in [4.69, 9.17) is 11.6 Å². The first kappa shape index (κ1) is 11.5. The maximum atomic E-state index is 9.58. The predicted molar refractivity (Wildman–Crippen MR) is 61.7 cm³/mol. The highest BCUT2D eigenvalue weighted by molar-refractivity contribution is 9.10. The Morgan fingerprint density at radius 1 is 1.62 bits per heavy atom. The zero-order chi connectivity index (χ0) is 9.68. The summed E-state index contributed by atoms with van der Waals surface area (Å²) in [7, 11) is 0. The second-order valence-electron chi connectivity index (χ2n) is 2.92. The number of aliphatic hydroxyl groups excluding tert-OH is 1. The summed E-state index contributed by atoms with van der Waals surface area (Å²) >= 11 is 10.6. The van der Waals surface area contributed by atoms with Gasteiger partial charge in [-0.05, 0) is 34.8 Å². The fourth-order valence-corrected chi connectivity index (χ4v) is 2.79. The van der Waals surface area contributed by atoms with Crippen LogP contribution in [0.1, 0.15) is 17.7 Å². The molecule has 1 heterocycles. The maximum absolute atomic E-state index is 9.58. The van der Waals surface area contributed by atoms with Crippen molar-refractivity contribution in [2.45, 2.75) is 25.4 Å². The zero-order valence-electron chi connectivity index (χ0n) is 7.17. The molecule has 0 radical (unpaired) electrons. The van der Waals surface area contributed by atoms with E-state index in [-0.39, 0.29) is 6.10 Å². The van der Waals surface area contributed by atoms with Crippen molar-refractivity contribution in [2.75, 3.05) is 5.88 Å². The van der Waals surface area contributed by atoms with E-state index in [1.54, 1.807) is 11.3 Å². The fraction of sp³-hybridized carbons (Fsp3) is 0.556. The first-order valence-corrected chi connectivity index (χ1v) is 6.40. The summed E-state index contributed by atoms with van der Waals surface area (Å²) < 4.78 is 1.09. The van der Waals surface area contributed by atoms with Crippen molar-refractivity contribution >= 4 is 38.9 Å². The molecule has 0 aliphatic carbocycles. The highest BCUT2D eigenvalue weighted by atomic mass is 79.9. The Bertz CT molecular complexity index is 252. The van der Waals surface area contributed by atoms with Gasteiger partial charge in [0.05, 0.1) is 6.10 Å². The zero-order valence-corrected chi connectivity index (χ0v) is 10.3. The minimum atomic E-state index is -0.246. The highest BCUT2D eigenvalue weighted by Crippen LogP contribution is 2.21. The van der Waals surface area contributed by atoms with Crippen molar-refractivity contribution in [1.82, 2.24) is 0 Å². The third-order valence-corrected chi connectivity index (χ3v) is 3.72. The second-order valence-corrected chi connectivity index (χ2v) is 5.21. The number of alkyl halides is 1. The van der Waals surface area contributed by atoms with Crippen molar-refractivity contribution in [3.8, 4) is 0 Å². The minimum Gasteiger partial charge on any atom is -0.393 e. The maximum Gasteiger partial charge on any atom is 0.0588 e. The molecular weight excluding hydrogens is 272 g/mol. The van der Waals surface area contributed by atoms with Gasteiger partial charge in [-0.1, -0.05) is 0 Å². The van der Waals surface area contributed by atoms with Crippen molar-refractivity contribution in [3.63, 3.8) is 0 Å². The largest absolute Gasteiger partial charge is 0.393 e. The molecule has 0 bridgehead atoms. The van der Waals surface area contributed by atoms with Gasteiger partial charge in [0.15, 0.2) is 0 Å². The molecule has 0 amide bonds. The van der Waals surface area contributed by atoms with Gasteiger partial charge in [-0.2, -0.15) is 0 Å². The van der Waals surface area contributed by atoms with E-state index in [1.165, 1.54) is 4.88 Å². The molecule has 1 aromatic rings. The summed E-state index contributed by atoms with van der Waals surface area (Å²) in [6.45, 7) is 0. The Hall–Kier alpha value is 0.430. The number of rotatable bonds is 5. The summed E-state index contributed by atoms with van der Waals surface area (Å²) in [4.78, 5) is 1.22. The molecule has 1 N–H and O–H groups in total. The van der Waals surface area contributed by atoms with Gasteiger partial charge in [0.25, 0.3) is 0 Å². The predicted octanol–water partition coefficient (Wildman–Crippen LogP) is 3.43. The summed E-state index contributed by atoms with van der Waals surface area (Å²) in [5.74, 6) is 0.630. The number of halogens is 2. The van der Waals surface area contributed by atoms with Crippen molar-refractivity contribution in [2.24, 2.45) is 0 Å². The Labute approximate surface area is 95.9 Å². The van der Waals surface area contributed by atoms with E-state index in [9.17, 15) is 5.11 Å². The lowest BCUT2D eigenvalue weighted by molar-refractivity contribution is 0.165. The highest BCUT2D eigenvalue weighted by Gasteiger charge is 2.06. The molecule has 1 aromatic heterocycles. The molecule has 0 saturated carbocycles. The van der Waals surface area contributed by atoms with E-state index < -0.39 is 0 Å². The lowest BCUT2D eigenvalue weighted by Gasteiger charge is -2.06. The van der Waals surface area contributed by atoms with Gasteiger partial charge in [0.2, 0.25) is 0 Å². The SMILES string of the molecule is OC(CCCCl)Cc1cc(Br)cs1. The molecular formula is C9H12BrClOS. The van der Waals surface area contributed by atoms with Gasteiger partial charge in [-0.25, -0.2) is 0 Å². The topological polar surface area (TPSA) is 20.2 Å². The van der Waals surface area contributed by atoms with Crippen LogP contribution in [-0.2, 0) is 6.42 Å². The third-order valence-electron chi connectivity index (χ3n) is 1.73. The van der Waals surface area contributed by atoms with E-state index in [1.807, 2.05) is 5.38 Å². The Kier molecular flexibility index (Phi) is 5.32. The van der Waals surface area contributed by atoms with Crippen LogP contribution in [0.3, 0.4) is 0 Å². The van der Waals surface area contributed by atoms with Crippen LogP contribution in [0.15, 0.2) is 15.9 Å². The smallest absolute Gasteiger partial charge is 0.0588 e. The Morgan fingerprint density at radius 3 is 2.92 bits per heavy atom.